The summed E-state index contributed by atoms with van der Waals surface area (Å²) >= 11 is 5.91. The van der Waals surface area contributed by atoms with Crippen LogP contribution >= 0.6 is 11.6 Å². The number of carbonyl (C=O) groups is 2. The molecule has 2 N–H and O–H groups in total. The maximum absolute atomic E-state index is 14.8. The minimum atomic E-state index is -0.871. The largest absolute Gasteiger partial charge is 0.340 e. The summed E-state index contributed by atoms with van der Waals surface area (Å²) < 4.78 is 29.4. The van der Waals surface area contributed by atoms with Gasteiger partial charge < -0.3 is 15.5 Å². The van der Waals surface area contributed by atoms with Gasteiger partial charge in [0.25, 0.3) is 0 Å². The second-order valence-corrected chi connectivity index (χ2v) is 11.5. The molecule has 0 fully saturated rings. The maximum Gasteiger partial charge on any atom is 0.247 e. The summed E-state index contributed by atoms with van der Waals surface area (Å²) in [5.41, 5.74) is 3.75. The fraction of sp³-hybridized carbons (Fsp3) is 0.235. The Morgan fingerprint density at radius 1 is 1.00 bits per heavy atom. The molecule has 2 aliphatic rings. The molecule has 2 unspecified atom stereocenters. The number of amides is 2. The lowest BCUT2D eigenvalue weighted by molar-refractivity contribution is -0.129. The molecule has 224 valence electrons. The van der Waals surface area contributed by atoms with Crippen LogP contribution in [0.1, 0.15) is 49.9 Å². The highest BCUT2D eigenvalue weighted by Crippen LogP contribution is 2.38. The molecule has 0 radical (unpaired) electrons. The van der Waals surface area contributed by atoms with Crippen LogP contribution in [-0.2, 0) is 9.59 Å². The van der Waals surface area contributed by atoms with Crippen molar-refractivity contribution >= 4 is 46.2 Å². The lowest BCUT2D eigenvalue weighted by Crippen LogP contribution is -2.38. The fourth-order valence-electron chi connectivity index (χ4n) is 5.81. The Morgan fingerprint density at radius 3 is 2.66 bits per heavy atom. The number of nitrogens with zero attached hydrogens (tertiary/aromatic N) is 3. The number of rotatable bonds is 4. The van der Waals surface area contributed by atoms with Crippen LogP contribution in [0.2, 0.25) is 5.02 Å². The van der Waals surface area contributed by atoms with Gasteiger partial charge in [-0.3, -0.25) is 14.6 Å². The minimum absolute atomic E-state index is 0.0974. The lowest BCUT2D eigenvalue weighted by atomic mass is 9.92. The molecule has 2 bridgehead atoms. The van der Waals surface area contributed by atoms with E-state index in [1.807, 2.05) is 55.5 Å². The van der Waals surface area contributed by atoms with E-state index in [1.165, 1.54) is 6.08 Å². The van der Waals surface area contributed by atoms with Crippen LogP contribution < -0.4 is 10.6 Å². The summed E-state index contributed by atoms with van der Waals surface area (Å²) in [7, 11) is 0. The number of hydrogen-bond donors (Lipinski definition) is 2. The van der Waals surface area contributed by atoms with Gasteiger partial charge in [0.05, 0.1) is 28.0 Å². The van der Waals surface area contributed by atoms with Crippen LogP contribution in [0.4, 0.5) is 26.0 Å². The molecular formula is C34H30ClF2N5O2. The summed E-state index contributed by atoms with van der Waals surface area (Å²) in [6.07, 6.45) is 6.79. The van der Waals surface area contributed by atoms with Gasteiger partial charge in [-0.25, -0.2) is 13.8 Å². The quantitative estimate of drug-likeness (QED) is 0.228. The van der Waals surface area contributed by atoms with Gasteiger partial charge in [0.1, 0.15) is 11.6 Å². The number of fused-ring (bicyclic) bond motifs is 4. The van der Waals surface area contributed by atoms with Crippen molar-refractivity contribution in [3.8, 4) is 11.1 Å². The Morgan fingerprint density at radius 2 is 1.86 bits per heavy atom. The average Bonchev–Trinajstić information content (AvgIpc) is 3.02. The number of carbonyl (C=O) groups excluding carboxylic acids is 2. The van der Waals surface area contributed by atoms with Crippen LogP contribution in [0.25, 0.3) is 16.7 Å². The molecule has 0 spiro atoms. The molecule has 0 saturated carbocycles. The zero-order valence-corrected chi connectivity index (χ0v) is 24.7. The van der Waals surface area contributed by atoms with Crippen LogP contribution in [0, 0.1) is 17.6 Å². The van der Waals surface area contributed by atoms with E-state index in [0.717, 1.165) is 28.9 Å². The van der Waals surface area contributed by atoms with E-state index in [4.69, 9.17) is 11.6 Å². The Bertz CT molecular complexity index is 1760. The third-order valence-electron chi connectivity index (χ3n) is 8.15. The summed E-state index contributed by atoms with van der Waals surface area (Å²) in [4.78, 5) is 37.5. The first-order valence-electron chi connectivity index (χ1n) is 14.5. The molecule has 2 aromatic heterocycles. The standard InChI is InChI=1S/C34H30ClF2N5O2/c1-20-5-4-6-29(42-16-13-22(18-31(42)43)32-26(36)11-10-25(35)33(32)37)28-17-21(12-15-38-28)24-9-8-23(19-27(24)41-34(20)44)40-30-7-2-3-14-39-30/h2-3,7-12,14-15,17-20,29H,4-6,13,16H2,1H3,(H,39,40)(H,41,44). The summed E-state index contributed by atoms with van der Waals surface area (Å²) in [5, 5.41) is 6.19. The van der Waals surface area contributed by atoms with E-state index in [-0.39, 0.29) is 46.9 Å². The van der Waals surface area contributed by atoms with Crippen LogP contribution in [0.15, 0.2) is 79.1 Å². The van der Waals surface area contributed by atoms with Crippen LogP contribution in [0.5, 0.6) is 0 Å². The Kier molecular flexibility index (Phi) is 8.39. The molecule has 0 saturated heterocycles. The number of hydrogen-bond acceptors (Lipinski definition) is 5. The molecule has 2 amide bonds. The summed E-state index contributed by atoms with van der Waals surface area (Å²) in [6, 6.07) is 17.0. The smallest absolute Gasteiger partial charge is 0.247 e. The van der Waals surface area contributed by atoms with E-state index >= 15 is 0 Å². The van der Waals surface area contributed by atoms with Crippen molar-refractivity contribution in [2.75, 3.05) is 17.2 Å². The van der Waals surface area contributed by atoms with Crippen molar-refractivity contribution < 1.29 is 18.4 Å². The number of aromatic nitrogens is 2. The van der Waals surface area contributed by atoms with Crippen molar-refractivity contribution in [2.45, 2.75) is 38.6 Å². The SMILES string of the molecule is CC1CCCC(N2CCC(c3c(F)ccc(Cl)c3F)=CC2=O)c2cc(ccn2)-c2ccc(Nc3ccccn3)cc2NC1=O. The van der Waals surface area contributed by atoms with E-state index in [9.17, 15) is 18.4 Å². The summed E-state index contributed by atoms with van der Waals surface area (Å²) in [5.74, 6) is -1.68. The highest BCUT2D eigenvalue weighted by molar-refractivity contribution is 6.31. The number of pyridine rings is 2. The lowest BCUT2D eigenvalue weighted by Gasteiger charge is -2.34. The van der Waals surface area contributed by atoms with E-state index in [0.29, 0.717) is 36.5 Å². The fourth-order valence-corrected chi connectivity index (χ4v) is 5.97. The second-order valence-electron chi connectivity index (χ2n) is 11.1. The van der Waals surface area contributed by atoms with Gasteiger partial charge in [-0.15, -0.1) is 0 Å². The molecule has 4 aromatic rings. The molecular weight excluding hydrogens is 584 g/mol. The van der Waals surface area contributed by atoms with Gasteiger partial charge in [0, 0.05) is 42.2 Å². The predicted octanol–water partition coefficient (Wildman–Crippen LogP) is 7.93. The Hall–Kier alpha value is -4.63. The molecule has 0 aliphatic carbocycles. The van der Waals surface area contributed by atoms with Crippen molar-refractivity contribution in [2.24, 2.45) is 5.92 Å². The van der Waals surface area contributed by atoms with Crippen molar-refractivity contribution in [1.82, 2.24) is 14.9 Å². The Balaban J connectivity index is 1.36. The van der Waals surface area contributed by atoms with Gasteiger partial charge in [-0.2, -0.15) is 0 Å². The van der Waals surface area contributed by atoms with Gasteiger partial charge >= 0.3 is 0 Å². The van der Waals surface area contributed by atoms with Crippen molar-refractivity contribution in [1.29, 1.82) is 0 Å². The van der Waals surface area contributed by atoms with Crippen molar-refractivity contribution in [3.63, 3.8) is 0 Å². The first kappa shape index (κ1) is 29.4. The average molecular weight is 614 g/mol. The van der Waals surface area contributed by atoms with Gasteiger partial charge in [0.15, 0.2) is 5.82 Å². The number of benzene rings is 2. The molecule has 44 heavy (non-hydrogen) atoms. The molecule has 7 nitrogen and oxygen atoms in total. The third kappa shape index (κ3) is 6.05. The first-order chi connectivity index (χ1) is 21.3. The molecule has 2 aliphatic heterocycles. The molecule has 10 heteroatoms. The first-order valence-corrected chi connectivity index (χ1v) is 14.9. The van der Waals surface area contributed by atoms with E-state index in [2.05, 4.69) is 20.6 Å². The number of anilines is 3. The van der Waals surface area contributed by atoms with Crippen molar-refractivity contribution in [3.05, 3.63) is 107 Å². The zero-order valence-electron chi connectivity index (χ0n) is 24.0. The normalized spacial score (nSPS) is 18.8. The monoisotopic (exact) mass is 613 g/mol. The van der Waals surface area contributed by atoms with Gasteiger partial charge in [-0.05, 0) is 78.9 Å². The third-order valence-corrected chi connectivity index (χ3v) is 8.45. The maximum atomic E-state index is 14.8. The van der Waals surface area contributed by atoms with Crippen LogP contribution in [0.3, 0.4) is 0 Å². The number of halogens is 3. The van der Waals surface area contributed by atoms with E-state index in [1.54, 1.807) is 17.3 Å². The summed E-state index contributed by atoms with van der Waals surface area (Å²) in [6.45, 7) is 2.14. The van der Waals surface area contributed by atoms with Crippen LogP contribution in [-0.4, -0.2) is 33.2 Å². The van der Waals surface area contributed by atoms with Gasteiger partial charge in [-0.1, -0.05) is 37.1 Å². The minimum Gasteiger partial charge on any atom is -0.340 e. The molecule has 6 rings (SSSR count). The van der Waals surface area contributed by atoms with Gasteiger partial charge in [0.2, 0.25) is 11.8 Å². The highest BCUT2D eigenvalue weighted by atomic mass is 35.5. The molecule has 4 heterocycles. The Labute approximate surface area is 259 Å². The predicted molar refractivity (Wildman–Crippen MR) is 167 cm³/mol. The topological polar surface area (TPSA) is 87.2 Å². The highest BCUT2D eigenvalue weighted by Gasteiger charge is 2.31. The molecule has 2 aromatic carbocycles. The number of nitrogens with one attached hydrogen (secondary N) is 2. The second kappa shape index (κ2) is 12.5. The van der Waals surface area contributed by atoms with E-state index < -0.39 is 17.7 Å². The zero-order chi connectivity index (χ0) is 30.8. The molecule has 2 atom stereocenters.